The molecule has 0 aliphatic carbocycles. The van der Waals surface area contributed by atoms with Gasteiger partial charge < -0.3 is 15.4 Å². The molecule has 102 valence electrons. The molecule has 0 saturated heterocycles. The van der Waals surface area contributed by atoms with Crippen LogP contribution in [0.5, 0.6) is 5.75 Å². The fraction of sp³-hybridized carbons (Fsp3) is 0.400. The van der Waals surface area contributed by atoms with Gasteiger partial charge in [-0.05, 0) is 31.5 Å². The maximum Gasteiger partial charge on any atom is 0.255 e. The maximum atomic E-state index is 12.0. The van der Waals surface area contributed by atoms with Gasteiger partial charge in [-0.2, -0.15) is 0 Å². The van der Waals surface area contributed by atoms with E-state index in [4.69, 9.17) is 4.74 Å². The zero-order chi connectivity index (χ0) is 13.5. The molecule has 4 heteroatoms. The minimum Gasteiger partial charge on any atom is -0.496 e. The normalized spacial score (nSPS) is 14.7. The Morgan fingerprint density at radius 1 is 1.42 bits per heavy atom. The summed E-state index contributed by atoms with van der Waals surface area (Å²) in [7, 11) is 1.58. The molecular weight excluding hydrogens is 240 g/mol. The van der Waals surface area contributed by atoms with Crippen LogP contribution in [0.4, 0.5) is 0 Å². The summed E-state index contributed by atoms with van der Waals surface area (Å²) in [6.45, 7) is 2.64. The van der Waals surface area contributed by atoms with Gasteiger partial charge in [0.1, 0.15) is 5.75 Å². The lowest BCUT2D eigenvalue weighted by molar-refractivity contribution is 0.0951. The van der Waals surface area contributed by atoms with Crippen LogP contribution in [0.1, 0.15) is 23.2 Å². The topological polar surface area (TPSA) is 50.4 Å². The molecule has 0 saturated carbocycles. The Hall–Kier alpha value is -1.81. The van der Waals surface area contributed by atoms with Crippen molar-refractivity contribution in [2.45, 2.75) is 12.8 Å². The van der Waals surface area contributed by atoms with Crippen molar-refractivity contribution >= 4 is 5.91 Å². The second-order valence-electron chi connectivity index (χ2n) is 4.52. The smallest absolute Gasteiger partial charge is 0.255 e. The van der Waals surface area contributed by atoms with E-state index in [2.05, 4.69) is 16.7 Å². The van der Waals surface area contributed by atoms with Crippen molar-refractivity contribution in [3.05, 3.63) is 41.5 Å². The zero-order valence-corrected chi connectivity index (χ0v) is 11.2. The first-order valence-corrected chi connectivity index (χ1v) is 6.61. The quantitative estimate of drug-likeness (QED) is 0.793. The summed E-state index contributed by atoms with van der Waals surface area (Å²) in [4.78, 5) is 12.0. The Kier molecular flexibility index (Phi) is 4.98. The summed E-state index contributed by atoms with van der Waals surface area (Å²) in [5.41, 5.74) is 2.00. The monoisotopic (exact) mass is 260 g/mol. The van der Waals surface area contributed by atoms with E-state index >= 15 is 0 Å². The molecule has 0 aromatic heterocycles. The van der Waals surface area contributed by atoms with Crippen molar-refractivity contribution in [3.63, 3.8) is 0 Å². The van der Waals surface area contributed by atoms with E-state index in [0.29, 0.717) is 17.9 Å². The number of carbonyl (C=O) groups is 1. The van der Waals surface area contributed by atoms with Crippen molar-refractivity contribution < 1.29 is 9.53 Å². The Morgan fingerprint density at radius 2 is 2.26 bits per heavy atom. The number of amides is 1. The van der Waals surface area contributed by atoms with E-state index in [1.54, 1.807) is 19.2 Å². The molecule has 0 unspecified atom stereocenters. The Balaban J connectivity index is 1.85. The van der Waals surface area contributed by atoms with Crippen LogP contribution in [-0.2, 0) is 0 Å². The fourth-order valence-electron chi connectivity index (χ4n) is 2.16. The van der Waals surface area contributed by atoms with E-state index < -0.39 is 0 Å². The van der Waals surface area contributed by atoms with Crippen LogP contribution in [0, 0.1) is 0 Å². The van der Waals surface area contributed by atoms with Crippen molar-refractivity contribution in [1.82, 2.24) is 10.6 Å². The molecule has 0 fully saturated rings. The van der Waals surface area contributed by atoms with Crippen molar-refractivity contribution in [1.29, 1.82) is 0 Å². The highest BCUT2D eigenvalue weighted by molar-refractivity contribution is 5.96. The maximum absolute atomic E-state index is 12.0. The first-order chi connectivity index (χ1) is 9.31. The summed E-state index contributed by atoms with van der Waals surface area (Å²) in [5, 5.41) is 6.22. The average molecular weight is 260 g/mol. The van der Waals surface area contributed by atoms with E-state index in [1.165, 1.54) is 5.57 Å². The standard InChI is InChI=1S/C15H20N2O2/c1-19-14-5-3-2-4-13(14)15(18)17-11-8-12-6-9-16-10-7-12/h2-6,16H,7-11H2,1H3,(H,17,18). The van der Waals surface area contributed by atoms with Crippen molar-refractivity contribution in [2.75, 3.05) is 26.7 Å². The molecule has 1 aromatic carbocycles. The van der Waals surface area contributed by atoms with Gasteiger partial charge in [0, 0.05) is 13.1 Å². The molecule has 2 rings (SSSR count). The van der Waals surface area contributed by atoms with Gasteiger partial charge in [0.2, 0.25) is 0 Å². The van der Waals surface area contributed by atoms with Crippen LogP contribution in [0.15, 0.2) is 35.9 Å². The molecule has 0 atom stereocenters. The number of benzene rings is 1. The SMILES string of the molecule is COc1ccccc1C(=O)NCCC1=CCNCC1. The van der Waals surface area contributed by atoms with E-state index in [-0.39, 0.29) is 5.91 Å². The molecular formula is C15H20N2O2. The summed E-state index contributed by atoms with van der Waals surface area (Å²) < 4.78 is 5.18. The zero-order valence-electron chi connectivity index (χ0n) is 11.2. The van der Waals surface area contributed by atoms with Crippen LogP contribution in [0.3, 0.4) is 0 Å². The predicted octanol–water partition coefficient (Wildman–Crippen LogP) is 1.73. The predicted molar refractivity (Wildman–Crippen MR) is 75.5 cm³/mol. The van der Waals surface area contributed by atoms with Crippen LogP contribution in [-0.4, -0.2) is 32.7 Å². The first-order valence-electron chi connectivity index (χ1n) is 6.61. The summed E-state index contributed by atoms with van der Waals surface area (Å²) in [6.07, 6.45) is 4.20. The van der Waals surface area contributed by atoms with Crippen LogP contribution in [0.25, 0.3) is 0 Å². The van der Waals surface area contributed by atoms with Crippen molar-refractivity contribution in [2.24, 2.45) is 0 Å². The van der Waals surface area contributed by atoms with Gasteiger partial charge >= 0.3 is 0 Å². The van der Waals surface area contributed by atoms with E-state index in [9.17, 15) is 4.79 Å². The number of ether oxygens (including phenoxy) is 1. The highest BCUT2D eigenvalue weighted by atomic mass is 16.5. The molecule has 0 spiro atoms. The highest BCUT2D eigenvalue weighted by Crippen LogP contribution is 2.17. The molecule has 0 bridgehead atoms. The van der Waals surface area contributed by atoms with Gasteiger partial charge in [-0.15, -0.1) is 0 Å². The largest absolute Gasteiger partial charge is 0.496 e. The second-order valence-corrected chi connectivity index (χ2v) is 4.52. The first kappa shape index (κ1) is 13.6. The third-order valence-electron chi connectivity index (χ3n) is 3.24. The minimum atomic E-state index is -0.0769. The summed E-state index contributed by atoms with van der Waals surface area (Å²) >= 11 is 0. The molecule has 0 radical (unpaired) electrons. The minimum absolute atomic E-state index is 0.0769. The lowest BCUT2D eigenvalue weighted by Gasteiger charge is -2.14. The Morgan fingerprint density at radius 3 is 3.00 bits per heavy atom. The van der Waals surface area contributed by atoms with Gasteiger partial charge in [0.25, 0.3) is 5.91 Å². The third-order valence-corrected chi connectivity index (χ3v) is 3.24. The van der Waals surface area contributed by atoms with E-state index in [0.717, 1.165) is 25.9 Å². The lowest BCUT2D eigenvalue weighted by atomic mass is 10.1. The van der Waals surface area contributed by atoms with Gasteiger partial charge in [0.15, 0.2) is 0 Å². The van der Waals surface area contributed by atoms with Gasteiger partial charge in [0.05, 0.1) is 12.7 Å². The molecule has 1 heterocycles. The number of rotatable bonds is 5. The summed E-state index contributed by atoms with van der Waals surface area (Å²) in [5.74, 6) is 0.535. The molecule has 1 aliphatic rings. The molecule has 2 N–H and O–H groups in total. The van der Waals surface area contributed by atoms with E-state index in [1.807, 2.05) is 12.1 Å². The molecule has 1 aliphatic heterocycles. The highest BCUT2D eigenvalue weighted by Gasteiger charge is 2.11. The third kappa shape index (κ3) is 3.83. The molecule has 19 heavy (non-hydrogen) atoms. The molecule has 1 aromatic rings. The van der Waals surface area contributed by atoms with Gasteiger partial charge in [-0.25, -0.2) is 0 Å². The van der Waals surface area contributed by atoms with Crippen LogP contribution < -0.4 is 15.4 Å². The number of hydrogen-bond donors (Lipinski definition) is 2. The number of methoxy groups -OCH3 is 1. The number of carbonyl (C=O) groups excluding carboxylic acids is 1. The van der Waals surface area contributed by atoms with Crippen LogP contribution >= 0.6 is 0 Å². The van der Waals surface area contributed by atoms with Crippen molar-refractivity contribution in [3.8, 4) is 5.75 Å². The number of nitrogens with one attached hydrogen (secondary N) is 2. The number of hydrogen-bond acceptors (Lipinski definition) is 3. The average Bonchev–Trinajstić information content (AvgIpc) is 2.48. The molecule has 1 amide bonds. The Labute approximate surface area is 113 Å². The number of para-hydroxylation sites is 1. The Bertz CT molecular complexity index is 469. The lowest BCUT2D eigenvalue weighted by Crippen LogP contribution is -2.27. The summed E-state index contributed by atoms with van der Waals surface area (Å²) in [6, 6.07) is 7.27. The van der Waals surface area contributed by atoms with Gasteiger partial charge in [-0.3, -0.25) is 4.79 Å². The fourth-order valence-corrected chi connectivity index (χ4v) is 2.16. The molecule has 4 nitrogen and oxygen atoms in total. The second kappa shape index (κ2) is 6.95. The van der Waals surface area contributed by atoms with Crippen LogP contribution in [0.2, 0.25) is 0 Å². The van der Waals surface area contributed by atoms with Gasteiger partial charge in [-0.1, -0.05) is 23.8 Å².